The first-order chi connectivity index (χ1) is 17.0. The molecule has 0 saturated heterocycles. The zero-order chi connectivity index (χ0) is 24.5. The molecule has 3 aromatic carbocycles. The van der Waals surface area contributed by atoms with Crippen LogP contribution in [0, 0.1) is 0 Å². The van der Waals surface area contributed by atoms with Crippen molar-refractivity contribution < 1.29 is 19.0 Å². The Labute approximate surface area is 208 Å². The fraction of sp³-hybridized carbons (Fsp3) is 0.222. The molecule has 0 spiro atoms. The van der Waals surface area contributed by atoms with Crippen LogP contribution in [0.3, 0.4) is 0 Å². The van der Waals surface area contributed by atoms with Gasteiger partial charge in [-0.3, -0.25) is 0 Å². The number of ether oxygens (including phenoxy) is 3. The maximum Gasteiger partial charge on any atom is 0.322 e. The standard InChI is InChI=1S/C27H26ClN3O4/c1-33-18-7-4-16(5-8-18)26-25-20(21-14-17(28)6-10-22(21)29-25)12-13-31(26)27(32)30-23-15-19(34-2)9-11-24(23)35-3/h4-11,14-15,26,29H,12-13H2,1-3H3,(H,30,32). The van der Waals surface area contributed by atoms with Crippen LogP contribution in [0.4, 0.5) is 10.5 Å². The summed E-state index contributed by atoms with van der Waals surface area (Å²) in [5, 5.41) is 4.79. The van der Waals surface area contributed by atoms with Crippen LogP contribution >= 0.6 is 11.6 Å². The summed E-state index contributed by atoms with van der Waals surface area (Å²) in [6, 6.07) is 18.4. The molecule has 1 aromatic heterocycles. The molecule has 0 radical (unpaired) electrons. The van der Waals surface area contributed by atoms with Gasteiger partial charge in [0, 0.05) is 34.2 Å². The third-order valence-corrected chi connectivity index (χ3v) is 6.66. The second kappa shape index (κ2) is 9.43. The molecule has 1 aliphatic rings. The van der Waals surface area contributed by atoms with Crippen molar-refractivity contribution in [1.29, 1.82) is 0 Å². The van der Waals surface area contributed by atoms with E-state index in [1.54, 1.807) is 39.5 Å². The molecule has 7 nitrogen and oxygen atoms in total. The minimum Gasteiger partial charge on any atom is -0.497 e. The minimum absolute atomic E-state index is 0.236. The lowest BCUT2D eigenvalue weighted by Gasteiger charge is -2.36. The van der Waals surface area contributed by atoms with Gasteiger partial charge in [0.1, 0.15) is 17.2 Å². The lowest BCUT2D eigenvalue weighted by molar-refractivity contribution is 0.193. The van der Waals surface area contributed by atoms with Crippen molar-refractivity contribution in [2.75, 3.05) is 33.2 Å². The average Bonchev–Trinajstić information content (AvgIpc) is 3.25. The van der Waals surface area contributed by atoms with Gasteiger partial charge in [-0.05, 0) is 60.0 Å². The highest BCUT2D eigenvalue weighted by Crippen LogP contribution is 2.40. The van der Waals surface area contributed by atoms with Crippen molar-refractivity contribution in [2.24, 2.45) is 0 Å². The number of amides is 2. The highest BCUT2D eigenvalue weighted by Gasteiger charge is 2.35. The number of carbonyl (C=O) groups excluding carboxylic acids is 1. The van der Waals surface area contributed by atoms with Gasteiger partial charge in [-0.25, -0.2) is 4.79 Å². The van der Waals surface area contributed by atoms with E-state index in [0.717, 1.165) is 27.9 Å². The summed E-state index contributed by atoms with van der Waals surface area (Å²) in [5.74, 6) is 1.93. The minimum atomic E-state index is -0.326. The monoisotopic (exact) mass is 491 g/mol. The van der Waals surface area contributed by atoms with Crippen LogP contribution in [-0.4, -0.2) is 43.8 Å². The molecule has 2 N–H and O–H groups in total. The summed E-state index contributed by atoms with van der Waals surface area (Å²) >= 11 is 6.30. The Morgan fingerprint density at radius 2 is 1.71 bits per heavy atom. The number of fused-ring (bicyclic) bond motifs is 3. The highest BCUT2D eigenvalue weighted by atomic mass is 35.5. The van der Waals surface area contributed by atoms with Crippen LogP contribution in [0.15, 0.2) is 60.7 Å². The van der Waals surface area contributed by atoms with E-state index in [1.165, 1.54) is 5.56 Å². The molecule has 1 atom stereocenters. The second-order valence-corrected chi connectivity index (χ2v) is 8.76. The Hall–Kier alpha value is -3.84. The molecular formula is C27H26ClN3O4. The molecule has 0 saturated carbocycles. The van der Waals surface area contributed by atoms with E-state index in [-0.39, 0.29) is 12.1 Å². The van der Waals surface area contributed by atoms with Gasteiger partial charge in [-0.2, -0.15) is 0 Å². The predicted molar refractivity (Wildman–Crippen MR) is 137 cm³/mol. The van der Waals surface area contributed by atoms with E-state index in [9.17, 15) is 4.79 Å². The maximum atomic E-state index is 13.7. The van der Waals surface area contributed by atoms with Crippen LogP contribution in [0.25, 0.3) is 10.9 Å². The van der Waals surface area contributed by atoms with Crippen LogP contribution in [0.5, 0.6) is 17.2 Å². The van der Waals surface area contributed by atoms with Crippen LogP contribution in [0.2, 0.25) is 5.02 Å². The molecule has 35 heavy (non-hydrogen) atoms. The van der Waals surface area contributed by atoms with Gasteiger partial charge in [0.2, 0.25) is 0 Å². The number of urea groups is 1. The molecule has 0 aliphatic carbocycles. The number of anilines is 1. The molecule has 0 fully saturated rings. The van der Waals surface area contributed by atoms with Crippen molar-refractivity contribution in [1.82, 2.24) is 9.88 Å². The van der Waals surface area contributed by atoms with Gasteiger partial charge >= 0.3 is 6.03 Å². The summed E-state index contributed by atoms with van der Waals surface area (Å²) in [7, 11) is 4.79. The van der Waals surface area contributed by atoms with Crippen molar-refractivity contribution in [3.63, 3.8) is 0 Å². The van der Waals surface area contributed by atoms with Gasteiger partial charge in [-0.15, -0.1) is 0 Å². The van der Waals surface area contributed by atoms with Gasteiger partial charge < -0.3 is 29.4 Å². The van der Waals surface area contributed by atoms with E-state index >= 15 is 0 Å². The van der Waals surface area contributed by atoms with Crippen LogP contribution in [0.1, 0.15) is 22.9 Å². The number of rotatable bonds is 5. The molecule has 2 heterocycles. The predicted octanol–water partition coefficient (Wildman–Crippen LogP) is 6.03. The normalized spacial score (nSPS) is 15.0. The number of nitrogens with zero attached hydrogens (tertiary/aromatic N) is 1. The number of halogens is 1. The van der Waals surface area contributed by atoms with Crippen LogP contribution < -0.4 is 19.5 Å². The lowest BCUT2D eigenvalue weighted by Crippen LogP contribution is -2.43. The summed E-state index contributed by atoms with van der Waals surface area (Å²) < 4.78 is 16.1. The smallest absolute Gasteiger partial charge is 0.322 e. The highest BCUT2D eigenvalue weighted by molar-refractivity contribution is 6.31. The van der Waals surface area contributed by atoms with Gasteiger partial charge in [0.25, 0.3) is 0 Å². The Balaban J connectivity index is 1.57. The van der Waals surface area contributed by atoms with E-state index in [4.69, 9.17) is 25.8 Å². The maximum absolute atomic E-state index is 13.7. The molecule has 5 rings (SSSR count). The number of hydrogen-bond donors (Lipinski definition) is 2. The van der Waals surface area contributed by atoms with Gasteiger partial charge in [0.05, 0.1) is 33.1 Å². The number of H-pyrrole nitrogens is 1. The Morgan fingerprint density at radius 3 is 2.43 bits per heavy atom. The lowest BCUT2D eigenvalue weighted by atomic mass is 9.92. The fourth-order valence-electron chi connectivity index (χ4n) is 4.71. The second-order valence-electron chi connectivity index (χ2n) is 8.32. The number of nitrogens with one attached hydrogen (secondary N) is 2. The SMILES string of the molecule is COc1ccc(C2c3[nH]c4ccc(Cl)cc4c3CCN2C(=O)Nc2cc(OC)ccc2OC)cc1. The van der Waals surface area contributed by atoms with E-state index in [1.807, 2.05) is 47.4 Å². The molecular weight excluding hydrogens is 466 g/mol. The third kappa shape index (κ3) is 4.23. The first kappa shape index (κ1) is 22.9. The number of aromatic nitrogens is 1. The van der Waals surface area contributed by atoms with Crippen LogP contribution in [-0.2, 0) is 6.42 Å². The Bertz CT molecular complexity index is 1380. The Kier molecular flexibility index (Phi) is 6.17. The van der Waals surface area contributed by atoms with Crippen molar-refractivity contribution in [3.05, 3.63) is 82.5 Å². The topological polar surface area (TPSA) is 75.8 Å². The van der Waals surface area contributed by atoms with Crippen molar-refractivity contribution in [2.45, 2.75) is 12.5 Å². The molecule has 1 unspecified atom stereocenters. The quantitative estimate of drug-likeness (QED) is 0.357. The third-order valence-electron chi connectivity index (χ3n) is 6.43. The van der Waals surface area contributed by atoms with Crippen molar-refractivity contribution >= 4 is 34.2 Å². The molecule has 2 amide bonds. The number of aromatic amines is 1. The zero-order valence-corrected chi connectivity index (χ0v) is 20.5. The number of hydrogen-bond acceptors (Lipinski definition) is 4. The number of carbonyl (C=O) groups is 1. The zero-order valence-electron chi connectivity index (χ0n) is 19.7. The first-order valence-corrected chi connectivity index (χ1v) is 11.6. The van der Waals surface area contributed by atoms with E-state index in [0.29, 0.717) is 35.2 Å². The fourth-order valence-corrected chi connectivity index (χ4v) is 4.88. The van der Waals surface area contributed by atoms with E-state index < -0.39 is 0 Å². The molecule has 4 aromatic rings. The first-order valence-electron chi connectivity index (χ1n) is 11.3. The number of benzene rings is 3. The summed E-state index contributed by atoms with van der Waals surface area (Å²) in [6.07, 6.45) is 0.699. The van der Waals surface area contributed by atoms with Crippen molar-refractivity contribution in [3.8, 4) is 17.2 Å². The Morgan fingerprint density at radius 1 is 0.971 bits per heavy atom. The summed E-state index contributed by atoms with van der Waals surface area (Å²) in [5.41, 5.74) is 4.66. The molecule has 1 aliphatic heterocycles. The summed E-state index contributed by atoms with van der Waals surface area (Å²) in [4.78, 5) is 19.1. The average molecular weight is 492 g/mol. The number of methoxy groups -OCH3 is 3. The largest absolute Gasteiger partial charge is 0.497 e. The van der Waals surface area contributed by atoms with Gasteiger partial charge in [-0.1, -0.05) is 23.7 Å². The van der Waals surface area contributed by atoms with Gasteiger partial charge in [0.15, 0.2) is 0 Å². The van der Waals surface area contributed by atoms with E-state index in [2.05, 4.69) is 10.3 Å². The molecule has 8 heteroatoms. The molecule has 0 bridgehead atoms. The molecule has 180 valence electrons. The summed E-state index contributed by atoms with van der Waals surface area (Å²) in [6.45, 7) is 0.529.